The first kappa shape index (κ1) is 32.8. The highest BCUT2D eigenvalue weighted by Gasteiger charge is 2.36. The first-order chi connectivity index (χ1) is 19.2. The van der Waals surface area contributed by atoms with Gasteiger partial charge in [0.25, 0.3) is 0 Å². The summed E-state index contributed by atoms with van der Waals surface area (Å²) in [5.41, 5.74) is 0.109. The van der Waals surface area contributed by atoms with Crippen LogP contribution in [0.25, 0.3) is 0 Å². The molecule has 228 valence electrons. The fourth-order valence-electron chi connectivity index (χ4n) is 5.74. The zero-order chi connectivity index (χ0) is 28.8. The summed E-state index contributed by atoms with van der Waals surface area (Å²) in [4.78, 5) is 23.6. The summed E-state index contributed by atoms with van der Waals surface area (Å²) >= 11 is 0. The van der Waals surface area contributed by atoms with Crippen LogP contribution in [0.15, 0.2) is 24.0 Å². The number of rotatable bonds is 17. The molecule has 0 spiro atoms. The molecule has 2 aliphatic heterocycles. The fourth-order valence-corrected chi connectivity index (χ4v) is 5.74. The smallest absolute Gasteiger partial charge is 0.303 e. The summed E-state index contributed by atoms with van der Waals surface area (Å²) in [7, 11) is 0. The van der Waals surface area contributed by atoms with Crippen LogP contribution in [0.2, 0.25) is 0 Å². The van der Waals surface area contributed by atoms with Crippen LogP contribution in [-0.4, -0.2) is 49.3 Å². The lowest BCUT2D eigenvalue weighted by molar-refractivity contribution is -0.168. The van der Waals surface area contributed by atoms with Gasteiger partial charge in [-0.05, 0) is 94.5 Å². The maximum atomic E-state index is 12.9. The molecule has 1 aliphatic carbocycles. The predicted octanol–water partition coefficient (Wildman–Crippen LogP) is 7.59. The number of aliphatic carboxylic acids is 1. The van der Waals surface area contributed by atoms with E-state index in [4.69, 9.17) is 24.1 Å². The molecule has 2 saturated heterocycles. The van der Waals surface area contributed by atoms with E-state index in [0.29, 0.717) is 31.0 Å². The van der Waals surface area contributed by atoms with E-state index in [2.05, 4.69) is 32.9 Å². The van der Waals surface area contributed by atoms with Crippen molar-refractivity contribution < 1.29 is 33.6 Å². The normalized spacial score (nSPS) is 27.3. The van der Waals surface area contributed by atoms with E-state index < -0.39 is 5.97 Å². The van der Waals surface area contributed by atoms with Gasteiger partial charge in [-0.25, -0.2) is 0 Å². The third-order valence-electron chi connectivity index (χ3n) is 8.50. The molecule has 2 unspecified atom stereocenters. The first-order valence-electron chi connectivity index (χ1n) is 15.8. The highest BCUT2D eigenvalue weighted by Crippen LogP contribution is 2.39. The minimum absolute atomic E-state index is 0.00185. The number of allylic oxidation sites excluding steroid dienone is 4. The van der Waals surface area contributed by atoms with E-state index in [1.54, 1.807) is 0 Å². The van der Waals surface area contributed by atoms with Crippen LogP contribution >= 0.6 is 0 Å². The van der Waals surface area contributed by atoms with Crippen LogP contribution in [0.5, 0.6) is 0 Å². The molecule has 0 aromatic rings. The van der Waals surface area contributed by atoms with Gasteiger partial charge in [0.1, 0.15) is 5.78 Å². The van der Waals surface area contributed by atoms with Crippen LogP contribution in [0.3, 0.4) is 0 Å². The van der Waals surface area contributed by atoms with Gasteiger partial charge in [-0.2, -0.15) is 0 Å². The summed E-state index contributed by atoms with van der Waals surface area (Å²) in [5, 5.41) is 8.79. The Balaban J connectivity index is 1.51. The Morgan fingerprint density at radius 1 is 1.10 bits per heavy atom. The Kier molecular flexibility index (Phi) is 14.2. The Bertz CT molecular complexity index is 821. The van der Waals surface area contributed by atoms with Gasteiger partial charge in [0.2, 0.25) is 0 Å². The van der Waals surface area contributed by atoms with Crippen molar-refractivity contribution in [3.05, 3.63) is 24.0 Å². The van der Waals surface area contributed by atoms with Gasteiger partial charge in [0, 0.05) is 37.7 Å². The molecule has 0 radical (unpaired) electrons. The Morgan fingerprint density at radius 2 is 1.82 bits per heavy atom. The molecule has 0 aromatic heterocycles. The lowest BCUT2D eigenvalue weighted by Gasteiger charge is -2.29. The molecule has 2 heterocycles. The number of carboxylic acid groups (broad SMARTS) is 1. The molecular formula is C33H54O7. The average Bonchev–Trinajstić information content (AvgIpc) is 3.31. The molecule has 5 atom stereocenters. The van der Waals surface area contributed by atoms with Crippen LogP contribution in [0, 0.1) is 23.2 Å². The van der Waals surface area contributed by atoms with E-state index in [1.807, 2.05) is 6.08 Å². The summed E-state index contributed by atoms with van der Waals surface area (Å²) in [5.74, 6) is 1.05. The van der Waals surface area contributed by atoms with E-state index in [0.717, 1.165) is 89.8 Å². The van der Waals surface area contributed by atoms with Gasteiger partial charge in [0.05, 0.1) is 19.0 Å². The molecule has 1 N–H and O–H groups in total. The second-order valence-corrected chi connectivity index (χ2v) is 13.0. The first-order valence-corrected chi connectivity index (χ1v) is 15.8. The lowest BCUT2D eigenvalue weighted by atomic mass is 9.81. The number of hydrogen-bond acceptors (Lipinski definition) is 6. The maximum Gasteiger partial charge on any atom is 0.303 e. The summed E-state index contributed by atoms with van der Waals surface area (Å²) < 4.78 is 24.1. The number of unbranched alkanes of at least 4 members (excludes halogenated alkanes) is 1. The molecule has 7 heteroatoms. The molecule has 1 saturated carbocycles. The molecular weight excluding hydrogens is 508 g/mol. The number of ether oxygens (including phenoxy) is 4. The van der Waals surface area contributed by atoms with Gasteiger partial charge in [-0.1, -0.05) is 32.9 Å². The standard InChI is InChI=1S/C33H54O7/c1-25(24-39-31-14-8-10-20-37-31)16-18-33(2,3)19-17-29(40-32-15-9-11-21-38-32)27-22-26(28(34)23-27)12-6-4-5-7-13-30(35)36/h4,6,17,25-27,31-32H,5,7-16,18-24H2,1-3H3,(H,35,36)/t25?,26-,27+,31?,32+/m1/s1. The summed E-state index contributed by atoms with van der Waals surface area (Å²) in [6, 6.07) is 0. The Hall–Kier alpha value is -1.70. The molecule has 0 aromatic carbocycles. The van der Waals surface area contributed by atoms with E-state index in [9.17, 15) is 9.59 Å². The minimum Gasteiger partial charge on any atom is -0.481 e. The van der Waals surface area contributed by atoms with Crippen molar-refractivity contribution in [2.24, 2.45) is 23.2 Å². The molecule has 3 rings (SSSR count). The molecule has 3 fully saturated rings. The van der Waals surface area contributed by atoms with Gasteiger partial charge < -0.3 is 24.1 Å². The number of Topliss-reactive ketones (excluding diaryl/α,β-unsaturated/α-hetero) is 1. The van der Waals surface area contributed by atoms with Gasteiger partial charge in [-0.3, -0.25) is 9.59 Å². The van der Waals surface area contributed by atoms with Crippen molar-refractivity contribution in [2.45, 2.75) is 130 Å². The van der Waals surface area contributed by atoms with Crippen molar-refractivity contribution in [2.75, 3.05) is 19.8 Å². The maximum absolute atomic E-state index is 12.9. The van der Waals surface area contributed by atoms with Crippen molar-refractivity contribution >= 4 is 11.8 Å². The Labute approximate surface area is 242 Å². The molecule has 3 aliphatic rings. The second kappa shape index (κ2) is 17.3. The molecule has 0 amide bonds. The number of ketones is 1. The number of carbonyl (C=O) groups is 2. The number of hydrogen-bond donors (Lipinski definition) is 1. The number of carboxylic acids is 1. The van der Waals surface area contributed by atoms with Crippen molar-refractivity contribution in [1.29, 1.82) is 0 Å². The van der Waals surface area contributed by atoms with E-state index in [-0.39, 0.29) is 36.3 Å². The third-order valence-corrected chi connectivity index (χ3v) is 8.50. The van der Waals surface area contributed by atoms with Crippen LogP contribution in [0.1, 0.15) is 117 Å². The third kappa shape index (κ3) is 12.4. The van der Waals surface area contributed by atoms with Crippen LogP contribution in [-0.2, 0) is 28.5 Å². The molecule has 7 nitrogen and oxygen atoms in total. The van der Waals surface area contributed by atoms with Gasteiger partial charge in [-0.15, -0.1) is 0 Å². The fraction of sp³-hybridized carbons (Fsp3) is 0.818. The van der Waals surface area contributed by atoms with Crippen molar-refractivity contribution in [3.8, 4) is 0 Å². The molecule has 40 heavy (non-hydrogen) atoms. The quantitative estimate of drug-likeness (QED) is 0.111. The topological polar surface area (TPSA) is 91.3 Å². The van der Waals surface area contributed by atoms with Crippen molar-refractivity contribution in [3.63, 3.8) is 0 Å². The molecule has 0 bridgehead atoms. The Morgan fingerprint density at radius 3 is 2.50 bits per heavy atom. The van der Waals surface area contributed by atoms with E-state index >= 15 is 0 Å². The van der Waals surface area contributed by atoms with Gasteiger partial charge >= 0.3 is 5.97 Å². The summed E-state index contributed by atoms with van der Waals surface area (Å²) in [6.45, 7) is 9.17. The zero-order valence-electron chi connectivity index (χ0n) is 25.2. The minimum atomic E-state index is -0.764. The monoisotopic (exact) mass is 562 g/mol. The largest absolute Gasteiger partial charge is 0.481 e. The SMILES string of the molecule is CC(CCC(C)(C)CC=C(O[C@H]1CCCCO1)[C@@H]1CC(=O)[C@H](CC=CCCCC(=O)O)C1)COC1CCCCO1. The second-order valence-electron chi connectivity index (χ2n) is 13.0. The predicted molar refractivity (Wildman–Crippen MR) is 156 cm³/mol. The lowest BCUT2D eigenvalue weighted by Crippen LogP contribution is -2.25. The van der Waals surface area contributed by atoms with Gasteiger partial charge in [0.15, 0.2) is 12.6 Å². The number of carbonyl (C=O) groups excluding carboxylic acids is 1. The summed E-state index contributed by atoms with van der Waals surface area (Å²) in [6.07, 6.45) is 19.1. The van der Waals surface area contributed by atoms with Crippen molar-refractivity contribution in [1.82, 2.24) is 0 Å². The van der Waals surface area contributed by atoms with Crippen LogP contribution < -0.4 is 0 Å². The zero-order valence-corrected chi connectivity index (χ0v) is 25.2. The highest BCUT2D eigenvalue weighted by molar-refractivity contribution is 5.84. The van der Waals surface area contributed by atoms with Crippen LogP contribution in [0.4, 0.5) is 0 Å². The highest BCUT2D eigenvalue weighted by atomic mass is 16.7. The average molecular weight is 563 g/mol. The van der Waals surface area contributed by atoms with E-state index in [1.165, 1.54) is 6.42 Å².